The molecule has 4 amide bonds. The lowest BCUT2D eigenvalue weighted by molar-refractivity contribution is -0.341. The number of phosphoric ester groups is 1. The highest BCUT2D eigenvalue weighted by Gasteiger charge is 2.16. The maximum atomic E-state index is 12.0. The molecule has 0 aliphatic heterocycles. The van der Waals surface area contributed by atoms with Crippen LogP contribution < -0.4 is 20.4 Å². The van der Waals surface area contributed by atoms with E-state index in [9.17, 15) is 33.5 Å². The van der Waals surface area contributed by atoms with Crippen LogP contribution in [0.3, 0.4) is 0 Å². The number of nitrogens with one attached hydrogen (secondary N) is 2. The van der Waals surface area contributed by atoms with Crippen LogP contribution in [0.25, 0.3) is 0 Å². The zero-order valence-corrected chi connectivity index (χ0v) is 17.0. The molecule has 15 heteroatoms. The van der Waals surface area contributed by atoms with Crippen LogP contribution in [0.1, 0.15) is 6.92 Å². The summed E-state index contributed by atoms with van der Waals surface area (Å²) in [6.45, 7) is 0.449. The van der Waals surface area contributed by atoms with E-state index < -0.39 is 32.2 Å². The van der Waals surface area contributed by atoms with Gasteiger partial charge in [0, 0.05) is 39.6 Å². The molecule has 0 fully saturated rings. The van der Waals surface area contributed by atoms with Crippen molar-refractivity contribution in [3.05, 3.63) is 0 Å². The van der Waals surface area contributed by atoms with Crippen LogP contribution in [0.15, 0.2) is 0 Å². The van der Waals surface area contributed by atoms with Gasteiger partial charge in [0.1, 0.15) is 0 Å². The van der Waals surface area contributed by atoms with E-state index >= 15 is 0 Å². The largest absolute Gasteiger partial charge is 0.790 e. The van der Waals surface area contributed by atoms with Crippen molar-refractivity contribution in [2.45, 2.75) is 19.6 Å². The lowest BCUT2D eigenvalue weighted by atomic mass is 10.0. The normalized spacial score (nSPS) is 10.9. The van der Waals surface area contributed by atoms with E-state index in [1.807, 2.05) is 0 Å². The van der Waals surface area contributed by atoms with E-state index in [1.165, 1.54) is 11.8 Å². The Morgan fingerprint density at radius 1 is 0.931 bits per heavy atom. The van der Waals surface area contributed by atoms with Crippen molar-refractivity contribution >= 4 is 47.1 Å². The molecule has 0 aromatic carbocycles. The molecule has 2 N–H and O–H groups in total. The summed E-state index contributed by atoms with van der Waals surface area (Å²) < 4.78 is 14.5. The predicted octanol–water partition coefficient (Wildman–Crippen LogP) is -4.09. The molecule has 0 aliphatic carbocycles. The first-order chi connectivity index (χ1) is 13.5. The van der Waals surface area contributed by atoms with Gasteiger partial charge in [-0.15, -0.1) is 0 Å². The Bertz CT molecular complexity index is 618. The van der Waals surface area contributed by atoms with Crippen molar-refractivity contribution in [3.8, 4) is 0 Å². The van der Waals surface area contributed by atoms with E-state index in [4.69, 9.17) is 15.7 Å². The van der Waals surface area contributed by atoms with Crippen LogP contribution in [0.5, 0.6) is 0 Å². The van der Waals surface area contributed by atoms with Crippen LogP contribution in [-0.2, 0) is 28.3 Å². The molecule has 12 nitrogen and oxygen atoms in total. The predicted molar refractivity (Wildman–Crippen MR) is 99.5 cm³/mol. The van der Waals surface area contributed by atoms with Crippen molar-refractivity contribution in [2.24, 2.45) is 0 Å². The number of hydrogen-bond donors (Lipinski definition) is 2. The molecule has 0 bridgehead atoms. The summed E-state index contributed by atoms with van der Waals surface area (Å²) >= 11 is 0. The SMILES string of the molecule is [B]CC(=O)N(CCNC(=O)CN(CCNC(C)=O)C(=O)C[B])CCOP(=O)([O-])[O-]. The third-order valence-electron chi connectivity index (χ3n) is 3.46. The molecule has 0 heterocycles. The van der Waals surface area contributed by atoms with E-state index in [0.717, 1.165) is 4.90 Å². The van der Waals surface area contributed by atoms with E-state index in [1.54, 1.807) is 0 Å². The number of rotatable bonds is 14. The summed E-state index contributed by atoms with van der Waals surface area (Å²) in [6.07, 6.45) is -0.669. The van der Waals surface area contributed by atoms with E-state index in [0.29, 0.717) is 0 Å². The molecule has 0 aliphatic rings. The minimum Gasteiger partial charge on any atom is -0.790 e. The number of hydrogen-bond acceptors (Lipinski definition) is 8. The fourth-order valence-corrected chi connectivity index (χ4v) is 2.41. The Hall–Kier alpha value is -1.88. The molecule has 0 aromatic rings. The van der Waals surface area contributed by atoms with Crippen LogP contribution in [-0.4, -0.2) is 95.0 Å². The van der Waals surface area contributed by atoms with Crippen molar-refractivity contribution in [1.29, 1.82) is 0 Å². The second kappa shape index (κ2) is 14.2. The molecule has 160 valence electrons. The Kier molecular flexibility index (Phi) is 13.2. The first-order valence-electron chi connectivity index (χ1n) is 8.63. The van der Waals surface area contributed by atoms with Gasteiger partial charge in [-0.3, -0.25) is 19.2 Å². The standard InChI is InChI=1S/C14H25B2N4O8P/c1-11(21)17-2-5-20(14(24)9-16)10-12(22)18-3-4-19(13(23)8-15)6-7-28-29(25,26)27/h2-10H2,1H3,(H,17,21)(H,18,22)(H2,25,26,27)/p-2. The smallest absolute Gasteiger partial charge is 0.239 e. The van der Waals surface area contributed by atoms with Crippen LogP contribution in [0.2, 0.25) is 12.6 Å². The summed E-state index contributed by atoms with van der Waals surface area (Å²) in [5.41, 5.74) is 0. The zero-order chi connectivity index (χ0) is 22.4. The van der Waals surface area contributed by atoms with Crippen LogP contribution >= 0.6 is 7.82 Å². The minimum atomic E-state index is -5.16. The minimum absolute atomic E-state index is 0.0205. The summed E-state index contributed by atoms with van der Waals surface area (Å²) in [7, 11) is 5.40. The van der Waals surface area contributed by atoms with Crippen LogP contribution in [0, 0.1) is 0 Å². The molecule has 4 radical (unpaired) electrons. The van der Waals surface area contributed by atoms with Gasteiger partial charge in [0.05, 0.1) is 36.7 Å². The lowest BCUT2D eigenvalue weighted by Crippen LogP contribution is -2.46. The molecule has 0 unspecified atom stereocenters. The molecule has 0 saturated carbocycles. The fraction of sp³-hybridized carbons (Fsp3) is 0.714. The average Bonchev–Trinajstić information content (AvgIpc) is 2.63. The first kappa shape index (κ1) is 27.1. The quantitative estimate of drug-likeness (QED) is 0.208. The van der Waals surface area contributed by atoms with Gasteiger partial charge in [0.25, 0.3) is 0 Å². The second-order valence-electron chi connectivity index (χ2n) is 5.72. The molecule has 0 rings (SSSR count). The Labute approximate surface area is 171 Å². The number of carbonyl (C=O) groups is 4. The van der Waals surface area contributed by atoms with Gasteiger partial charge >= 0.3 is 0 Å². The van der Waals surface area contributed by atoms with Crippen molar-refractivity contribution < 1.29 is 38.1 Å². The van der Waals surface area contributed by atoms with E-state index in [2.05, 4.69) is 15.2 Å². The third kappa shape index (κ3) is 13.9. The van der Waals surface area contributed by atoms with Gasteiger partial charge in [-0.25, -0.2) is 0 Å². The summed E-state index contributed by atoms with van der Waals surface area (Å²) in [5.74, 6) is -1.84. The molecule has 0 atom stereocenters. The first-order valence-corrected chi connectivity index (χ1v) is 10.1. The highest BCUT2D eigenvalue weighted by molar-refractivity contribution is 7.43. The number of phosphoric acid groups is 1. The topological polar surface area (TPSA) is 171 Å². The zero-order valence-electron chi connectivity index (χ0n) is 16.1. The van der Waals surface area contributed by atoms with Gasteiger partial charge in [0.15, 0.2) is 0 Å². The summed E-state index contributed by atoms with van der Waals surface area (Å²) in [6, 6.07) is 0. The second-order valence-corrected chi connectivity index (χ2v) is 6.87. The summed E-state index contributed by atoms with van der Waals surface area (Å²) in [4.78, 5) is 69.6. The molecular weight excluding hydrogens is 405 g/mol. The molecule has 0 spiro atoms. The fourth-order valence-electron chi connectivity index (χ4n) is 2.10. The molecule has 0 saturated heterocycles. The average molecular weight is 428 g/mol. The Balaban J connectivity index is 4.52. The maximum Gasteiger partial charge on any atom is 0.239 e. The number of nitrogens with zero attached hydrogens (tertiary/aromatic N) is 2. The van der Waals surface area contributed by atoms with E-state index in [-0.39, 0.29) is 57.8 Å². The van der Waals surface area contributed by atoms with Crippen molar-refractivity contribution in [3.63, 3.8) is 0 Å². The van der Waals surface area contributed by atoms with Crippen molar-refractivity contribution in [2.75, 3.05) is 45.9 Å². The summed E-state index contributed by atoms with van der Waals surface area (Å²) in [5, 5.41) is 4.99. The van der Waals surface area contributed by atoms with Crippen LogP contribution in [0.4, 0.5) is 0 Å². The molecule has 29 heavy (non-hydrogen) atoms. The molecular formula is C14H23B2N4O8P-2. The van der Waals surface area contributed by atoms with Gasteiger partial charge in [-0.05, 0) is 12.6 Å². The van der Waals surface area contributed by atoms with Gasteiger partial charge < -0.3 is 39.3 Å². The highest BCUT2D eigenvalue weighted by Crippen LogP contribution is 2.23. The number of amides is 4. The Morgan fingerprint density at radius 3 is 1.97 bits per heavy atom. The maximum absolute atomic E-state index is 12.0. The van der Waals surface area contributed by atoms with Gasteiger partial charge in [-0.2, -0.15) is 0 Å². The highest BCUT2D eigenvalue weighted by atomic mass is 31.2. The van der Waals surface area contributed by atoms with Gasteiger partial charge in [0.2, 0.25) is 23.6 Å². The monoisotopic (exact) mass is 428 g/mol. The lowest BCUT2D eigenvalue weighted by Gasteiger charge is -2.30. The third-order valence-corrected chi connectivity index (χ3v) is 3.96. The number of carbonyl (C=O) groups excluding carboxylic acids is 4. The van der Waals surface area contributed by atoms with Gasteiger partial charge in [-0.1, -0.05) is 0 Å². The Morgan fingerprint density at radius 2 is 1.45 bits per heavy atom. The molecule has 0 aromatic heterocycles. The van der Waals surface area contributed by atoms with Crippen molar-refractivity contribution in [1.82, 2.24) is 20.4 Å².